The zero-order chi connectivity index (χ0) is 36.5. The first kappa shape index (κ1) is 38.3. The molecule has 1 fully saturated rings. The fraction of sp³-hybridized carbons (Fsp3) is 0.512. The minimum atomic E-state index is -1.08. The number of hydrogen-bond donors (Lipinski definition) is 4. The highest BCUT2D eigenvalue weighted by Crippen LogP contribution is 2.32. The summed E-state index contributed by atoms with van der Waals surface area (Å²) in [6.07, 6.45) is -1.27. The Kier molecular flexibility index (Phi) is 13.1. The number of rotatable bonds is 14. The van der Waals surface area contributed by atoms with E-state index >= 15 is 0 Å². The van der Waals surface area contributed by atoms with Crippen LogP contribution in [0.2, 0.25) is 0 Å². The molecule has 7 atom stereocenters. The molecule has 0 aromatic heterocycles. The van der Waals surface area contributed by atoms with Crippen molar-refractivity contribution in [2.45, 2.75) is 102 Å². The summed E-state index contributed by atoms with van der Waals surface area (Å²) in [5, 5.41) is 28.6. The number of alkyl carbamates (subject to hydrolysis) is 1. The summed E-state index contributed by atoms with van der Waals surface area (Å²) >= 11 is 0. The van der Waals surface area contributed by atoms with Crippen LogP contribution in [0.3, 0.4) is 0 Å². The third kappa shape index (κ3) is 11.0. The van der Waals surface area contributed by atoms with E-state index < -0.39 is 41.9 Å². The second kappa shape index (κ2) is 17.5. The van der Waals surface area contributed by atoms with Crippen LogP contribution in [0.5, 0.6) is 5.75 Å². The van der Waals surface area contributed by atoms with E-state index in [1.54, 1.807) is 20.8 Å². The van der Waals surface area contributed by atoms with Gasteiger partial charge in [0.05, 0.1) is 37.5 Å². The molecule has 51 heavy (non-hydrogen) atoms. The Morgan fingerprint density at radius 1 is 0.922 bits per heavy atom. The maximum Gasteiger partial charge on any atom is 0.407 e. The van der Waals surface area contributed by atoms with Gasteiger partial charge in [-0.25, -0.2) is 4.79 Å². The highest BCUT2D eigenvalue weighted by atomic mass is 16.6. The van der Waals surface area contributed by atoms with Crippen molar-refractivity contribution in [3.8, 4) is 5.75 Å². The minimum Gasteiger partial charge on any atom is -0.492 e. The number of hydrogen-bond acceptors (Lipinski definition) is 8. The molecule has 7 unspecified atom stereocenters. The van der Waals surface area contributed by atoms with E-state index in [1.807, 2.05) is 78.9 Å². The highest BCUT2D eigenvalue weighted by molar-refractivity contribution is 5.80. The summed E-state index contributed by atoms with van der Waals surface area (Å²) in [4.78, 5) is 29.4. The summed E-state index contributed by atoms with van der Waals surface area (Å²) in [7, 11) is 0. The molecule has 2 amide bonds. The van der Waals surface area contributed by atoms with E-state index in [2.05, 4.69) is 29.4 Å². The van der Waals surface area contributed by atoms with Crippen LogP contribution in [0, 0.1) is 5.92 Å². The number of aliphatic hydroxyl groups excluding tert-OH is 2. The number of amides is 2. The third-order valence-corrected chi connectivity index (χ3v) is 9.74. The van der Waals surface area contributed by atoms with Gasteiger partial charge in [0.1, 0.15) is 18.0 Å². The molecule has 4 N–H and O–H groups in total. The molecule has 0 saturated carbocycles. The van der Waals surface area contributed by atoms with Gasteiger partial charge < -0.3 is 35.1 Å². The van der Waals surface area contributed by atoms with Gasteiger partial charge >= 0.3 is 6.09 Å². The van der Waals surface area contributed by atoms with Crippen molar-refractivity contribution in [3.05, 3.63) is 101 Å². The molecule has 10 heteroatoms. The molecule has 1 aliphatic carbocycles. The average molecular weight is 702 g/mol. The number of aliphatic hydroxyl groups is 2. The maximum absolute atomic E-state index is 14.1. The number of nitrogens with one attached hydrogen (secondary N) is 2. The van der Waals surface area contributed by atoms with Gasteiger partial charge in [-0.05, 0) is 88.3 Å². The molecule has 0 spiro atoms. The fourth-order valence-corrected chi connectivity index (χ4v) is 7.12. The Morgan fingerprint density at radius 2 is 1.57 bits per heavy atom. The van der Waals surface area contributed by atoms with Crippen molar-refractivity contribution >= 4 is 12.0 Å². The normalized spacial score (nSPS) is 22.3. The highest BCUT2D eigenvalue weighted by Gasteiger charge is 2.35. The van der Waals surface area contributed by atoms with Crippen LogP contribution in [0.1, 0.15) is 69.3 Å². The molecular formula is C41H55N3O7. The Bertz CT molecular complexity index is 1550. The zero-order valence-corrected chi connectivity index (χ0v) is 30.6. The van der Waals surface area contributed by atoms with Gasteiger partial charge in [-0.1, -0.05) is 66.7 Å². The second-order valence-electron chi connectivity index (χ2n) is 15.1. The van der Waals surface area contributed by atoms with Gasteiger partial charge in [0.2, 0.25) is 5.91 Å². The Labute approximate surface area is 302 Å². The van der Waals surface area contributed by atoms with Crippen LogP contribution in [-0.2, 0) is 33.5 Å². The summed E-state index contributed by atoms with van der Waals surface area (Å²) < 4.78 is 17.3. The number of carbonyl (C=O) groups excluding carboxylic acids is 2. The number of nitrogens with zero attached hydrogens (tertiary/aromatic N) is 1. The van der Waals surface area contributed by atoms with E-state index in [9.17, 15) is 19.8 Å². The lowest BCUT2D eigenvalue weighted by Crippen LogP contribution is -2.50. The number of morpholine rings is 1. The molecule has 2 aliphatic rings. The van der Waals surface area contributed by atoms with Gasteiger partial charge in [0, 0.05) is 31.0 Å². The predicted octanol–water partition coefficient (Wildman–Crippen LogP) is 4.99. The molecule has 5 rings (SSSR count). The van der Waals surface area contributed by atoms with Gasteiger partial charge in [-0.2, -0.15) is 0 Å². The predicted molar refractivity (Wildman–Crippen MR) is 197 cm³/mol. The molecule has 0 bridgehead atoms. The van der Waals surface area contributed by atoms with E-state index in [0.29, 0.717) is 38.0 Å². The quantitative estimate of drug-likeness (QED) is 0.185. The molecule has 1 saturated heterocycles. The van der Waals surface area contributed by atoms with Gasteiger partial charge in [-0.3, -0.25) is 9.69 Å². The number of ether oxygens (including phenoxy) is 3. The summed E-state index contributed by atoms with van der Waals surface area (Å²) in [5.74, 6) is -0.210. The number of benzene rings is 3. The van der Waals surface area contributed by atoms with Crippen LogP contribution in [0.25, 0.3) is 0 Å². The monoisotopic (exact) mass is 701 g/mol. The van der Waals surface area contributed by atoms with Crippen LogP contribution in [0.4, 0.5) is 4.79 Å². The molecule has 1 aliphatic heterocycles. The molecular weight excluding hydrogens is 646 g/mol. The average Bonchev–Trinajstić information content (AvgIpc) is 3.40. The summed E-state index contributed by atoms with van der Waals surface area (Å²) in [6, 6.07) is 24.4. The fourth-order valence-electron chi connectivity index (χ4n) is 7.12. The Hall–Kier alpha value is -3.96. The first-order chi connectivity index (χ1) is 24.4. The van der Waals surface area contributed by atoms with Crippen molar-refractivity contribution in [1.82, 2.24) is 15.5 Å². The third-order valence-electron chi connectivity index (χ3n) is 9.74. The summed E-state index contributed by atoms with van der Waals surface area (Å²) in [5.41, 5.74) is 3.01. The van der Waals surface area contributed by atoms with Crippen LogP contribution in [-0.4, -0.2) is 89.4 Å². The lowest BCUT2D eigenvalue weighted by molar-refractivity contribution is -0.127. The molecule has 3 aromatic rings. The van der Waals surface area contributed by atoms with Gasteiger partial charge in [0.25, 0.3) is 0 Å². The second-order valence-corrected chi connectivity index (χ2v) is 15.1. The maximum atomic E-state index is 14.1. The lowest BCUT2D eigenvalue weighted by atomic mass is 9.88. The first-order valence-corrected chi connectivity index (χ1v) is 18.2. The van der Waals surface area contributed by atoms with Gasteiger partial charge in [0.15, 0.2) is 0 Å². The van der Waals surface area contributed by atoms with Crippen LogP contribution in [0.15, 0.2) is 78.9 Å². The molecule has 276 valence electrons. The molecule has 10 nitrogen and oxygen atoms in total. The lowest BCUT2D eigenvalue weighted by Gasteiger charge is -2.38. The smallest absolute Gasteiger partial charge is 0.407 e. The largest absolute Gasteiger partial charge is 0.492 e. The van der Waals surface area contributed by atoms with Gasteiger partial charge in [-0.15, -0.1) is 0 Å². The Balaban J connectivity index is 1.31. The molecule has 1 heterocycles. The topological polar surface area (TPSA) is 130 Å². The van der Waals surface area contributed by atoms with Crippen molar-refractivity contribution in [3.63, 3.8) is 0 Å². The standard InChI is InChI=1S/C41H55N3O7/c1-27-25-49-26-28(2)44(27)19-20-50-33-17-15-30(16-18-33)21-32(39(47)43-38-34-14-10-9-13-31(34)23-37(38)46)24-36(45)35(22-29-11-7-6-8-12-29)42-40(48)51-41(3,4)5/h6-18,27-28,32,35-38,45-46H,19-26H2,1-5H3,(H,42,48)(H,43,47). The van der Waals surface area contributed by atoms with E-state index in [1.165, 1.54) is 0 Å². The SMILES string of the molecule is CC1COCC(C)N1CCOc1ccc(CC(CC(O)C(Cc2ccccc2)NC(=O)OC(C)(C)C)C(=O)NC2c3ccccc3CC2O)cc1. The van der Waals surface area contributed by atoms with E-state index in [4.69, 9.17) is 14.2 Å². The van der Waals surface area contributed by atoms with E-state index in [0.717, 1.165) is 47.8 Å². The van der Waals surface area contributed by atoms with Crippen molar-refractivity contribution in [2.75, 3.05) is 26.4 Å². The molecule has 3 aromatic carbocycles. The summed E-state index contributed by atoms with van der Waals surface area (Å²) in [6.45, 7) is 12.5. The molecule has 0 radical (unpaired) electrons. The first-order valence-electron chi connectivity index (χ1n) is 18.2. The van der Waals surface area contributed by atoms with Crippen LogP contribution >= 0.6 is 0 Å². The number of carbonyl (C=O) groups is 2. The van der Waals surface area contributed by atoms with E-state index in [-0.39, 0.29) is 12.3 Å². The zero-order valence-electron chi connectivity index (χ0n) is 30.6. The van der Waals surface area contributed by atoms with Crippen LogP contribution < -0.4 is 15.4 Å². The van der Waals surface area contributed by atoms with Crippen molar-refractivity contribution in [1.29, 1.82) is 0 Å². The Morgan fingerprint density at radius 3 is 2.25 bits per heavy atom. The van der Waals surface area contributed by atoms with Crippen molar-refractivity contribution < 1.29 is 34.0 Å². The van der Waals surface area contributed by atoms with Crippen molar-refractivity contribution in [2.24, 2.45) is 5.92 Å². The number of fused-ring (bicyclic) bond motifs is 1. The minimum absolute atomic E-state index is 0.0672.